The number of rotatable bonds is 4. The maximum atomic E-state index is 10.8. The summed E-state index contributed by atoms with van der Waals surface area (Å²) in [6.07, 6.45) is 0. The third kappa shape index (κ3) is 3.72. The maximum absolute atomic E-state index is 10.8. The van der Waals surface area contributed by atoms with Crippen molar-refractivity contribution in [2.75, 3.05) is 0 Å². The van der Waals surface area contributed by atoms with E-state index >= 15 is 0 Å². The summed E-state index contributed by atoms with van der Waals surface area (Å²) in [5.74, 6) is 0.288. The average molecular weight is 139 g/mol. The minimum absolute atomic E-state index is 0.0556. The Balaban J connectivity index is 3.72. The normalized spacial score (nSPS) is 13.2. The van der Waals surface area contributed by atoms with Crippen LogP contribution in [0.4, 0.5) is 0 Å². The molecule has 10 heavy (non-hydrogen) atoms. The molecule has 56 valence electrons. The van der Waals surface area contributed by atoms with Crippen LogP contribution in [0.2, 0.25) is 0 Å². The number of hydrogen-bond donors (Lipinski definition) is 1. The highest BCUT2D eigenvalue weighted by atomic mass is 16.1. The Hall–Kier alpha value is -0.240. The molecule has 0 aromatic heterocycles. The Labute approximate surface area is 64.4 Å². The molecular weight excluding hydrogens is 124 g/mol. The molecule has 0 amide bonds. The van der Waals surface area contributed by atoms with Crippen LogP contribution in [0.15, 0.2) is 0 Å². The van der Waals surface area contributed by atoms with E-state index in [1.54, 1.807) is 6.92 Å². The van der Waals surface area contributed by atoms with E-state index < -0.39 is 0 Å². The van der Waals surface area contributed by atoms with E-state index in [2.05, 4.69) is 5.32 Å². The monoisotopic (exact) mass is 139 g/mol. The molecule has 0 rings (SSSR count). The van der Waals surface area contributed by atoms with Crippen LogP contribution >= 0.6 is 0 Å². The van der Waals surface area contributed by atoms with Crippen molar-refractivity contribution in [1.82, 2.24) is 5.32 Å². The second-order valence-corrected chi connectivity index (χ2v) is 2.89. The maximum Gasteiger partial charge on any atom is 0.137 e. The van der Waals surface area contributed by atoms with E-state index in [0.717, 1.165) is 7.17 Å². The van der Waals surface area contributed by atoms with E-state index in [4.69, 9.17) is 0 Å². The molecule has 2 nitrogen and oxygen atoms in total. The number of hydrogen-bond acceptors (Lipinski definition) is 2. The standard InChI is InChI=1S/C6H15B2NO/c1-4(2)9-6(8-7)5(3)10/h4,6,8-9H,7H2,1-3H3. The van der Waals surface area contributed by atoms with Gasteiger partial charge in [0.05, 0.1) is 7.74 Å². The predicted octanol–water partition coefficient (Wildman–Crippen LogP) is -1.12. The van der Waals surface area contributed by atoms with Crippen molar-refractivity contribution >= 4 is 20.7 Å². The molecule has 0 heterocycles. The molecule has 0 spiro atoms. The molecule has 0 fully saturated rings. The molecule has 0 bridgehead atoms. The van der Waals surface area contributed by atoms with Crippen LogP contribution in [0.25, 0.3) is 0 Å². The number of carbonyl (C=O) groups is 1. The fraction of sp³-hybridized carbons (Fsp3) is 0.833. The topological polar surface area (TPSA) is 29.1 Å². The fourth-order valence-electron chi connectivity index (χ4n) is 0.925. The average Bonchev–Trinajstić information content (AvgIpc) is 1.81. The number of carbonyl (C=O) groups excluding carboxylic acids is 1. The largest absolute Gasteiger partial charge is 0.313 e. The van der Waals surface area contributed by atoms with Gasteiger partial charge in [0, 0.05) is 12.0 Å². The Morgan fingerprint density at radius 2 is 2.10 bits per heavy atom. The fourth-order valence-corrected chi connectivity index (χ4v) is 0.925. The molecule has 0 radical (unpaired) electrons. The van der Waals surface area contributed by atoms with Crippen molar-refractivity contribution in [3.63, 3.8) is 0 Å². The van der Waals surface area contributed by atoms with E-state index in [-0.39, 0.29) is 11.7 Å². The minimum Gasteiger partial charge on any atom is -0.313 e. The molecule has 4 heteroatoms. The summed E-state index contributed by atoms with van der Waals surface area (Å²) in [5.41, 5.74) is 0. The number of Topliss-reactive ketones (excluding diaryl/α,β-unsaturated/α-hetero) is 1. The van der Waals surface area contributed by atoms with Crippen LogP contribution in [-0.2, 0) is 4.79 Å². The lowest BCUT2D eigenvalue weighted by atomic mass is 9.49. The van der Waals surface area contributed by atoms with Gasteiger partial charge in [-0.05, 0) is 6.92 Å². The second kappa shape index (κ2) is 4.56. The van der Waals surface area contributed by atoms with Gasteiger partial charge in [0.15, 0.2) is 0 Å². The molecule has 0 aromatic rings. The van der Waals surface area contributed by atoms with Gasteiger partial charge in [0.2, 0.25) is 0 Å². The van der Waals surface area contributed by atoms with E-state index in [9.17, 15) is 4.79 Å². The van der Waals surface area contributed by atoms with Crippen LogP contribution < -0.4 is 5.32 Å². The van der Waals surface area contributed by atoms with Gasteiger partial charge in [-0.15, -0.1) is 0 Å². The lowest BCUT2D eigenvalue weighted by Crippen LogP contribution is -2.44. The lowest BCUT2D eigenvalue weighted by molar-refractivity contribution is -0.117. The van der Waals surface area contributed by atoms with Crippen molar-refractivity contribution in [3.05, 3.63) is 0 Å². The van der Waals surface area contributed by atoms with E-state index in [1.165, 1.54) is 0 Å². The van der Waals surface area contributed by atoms with Gasteiger partial charge in [-0.1, -0.05) is 13.8 Å². The van der Waals surface area contributed by atoms with Gasteiger partial charge in [-0.2, -0.15) is 0 Å². The Morgan fingerprint density at radius 1 is 1.60 bits per heavy atom. The predicted molar refractivity (Wildman–Crippen MR) is 48.4 cm³/mol. The summed E-state index contributed by atoms with van der Waals surface area (Å²) in [6.45, 7) is 5.72. The highest BCUT2D eigenvalue weighted by Crippen LogP contribution is 1.85. The van der Waals surface area contributed by atoms with E-state index in [0.29, 0.717) is 6.04 Å². The highest BCUT2D eigenvalue weighted by molar-refractivity contribution is 6.92. The molecule has 0 saturated carbocycles. The molecule has 0 aliphatic carbocycles. The number of nitrogens with one attached hydrogen (secondary N) is 1. The van der Waals surface area contributed by atoms with Crippen LogP contribution in [0.1, 0.15) is 20.8 Å². The zero-order chi connectivity index (χ0) is 8.15. The third-order valence-corrected chi connectivity index (χ3v) is 1.43. The molecular formula is C6H15B2NO. The quantitative estimate of drug-likeness (QED) is 0.500. The summed E-state index contributed by atoms with van der Waals surface area (Å²) in [6, 6.07) is 0.397. The Bertz CT molecular complexity index is 116. The zero-order valence-electron chi connectivity index (χ0n) is 7.27. The molecule has 0 aliphatic heterocycles. The molecule has 1 N–H and O–H groups in total. The van der Waals surface area contributed by atoms with Crippen molar-refractivity contribution in [3.8, 4) is 0 Å². The first-order valence-corrected chi connectivity index (χ1v) is 3.84. The first-order valence-electron chi connectivity index (χ1n) is 3.84. The van der Waals surface area contributed by atoms with Crippen molar-refractivity contribution in [2.45, 2.75) is 32.8 Å². The Morgan fingerprint density at radius 3 is 2.20 bits per heavy atom. The van der Waals surface area contributed by atoms with Gasteiger partial charge in [0.25, 0.3) is 0 Å². The first kappa shape index (κ1) is 9.76. The Kier molecular flexibility index (Phi) is 4.45. The summed E-state index contributed by atoms with van der Waals surface area (Å²) in [4.78, 5) is 10.8. The van der Waals surface area contributed by atoms with Crippen molar-refractivity contribution in [1.29, 1.82) is 0 Å². The highest BCUT2D eigenvalue weighted by Gasteiger charge is 2.11. The van der Waals surface area contributed by atoms with Gasteiger partial charge in [0.1, 0.15) is 13.0 Å². The van der Waals surface area contributed by atoms with Crippen LogP contribution in [0, 0.1) is 0 Å². The van der Waals surface area contributed by atoms with Gasteiger partial charge in [-0.3, -0.25) is 4.79 Å². The van der Waals surface area contributed by atoms with Gasteiger partial charge < -0.3 is 5.32 Å². The van der Waals surface area contributed by atoms with Crippen LogP contribution in [-0.4, -0.2) is 32.7 Å². The molecule has 0 aromatic carbocycles. The minimum atomic E-state index is 0.0556. The van der Waals surface area contributed by atoms with E-state index in [1.807, 2.05) is 21.6 Å². The number of ketones is 1. The van der Waals surface area contributed by atoms with Crippen LogP contribution in [0.5, 0.6) is 0 Å². The summed E-state index contributed by atoms with van der Waals surface area (Å²) >= 11 is 0. The smallest absolute Gasteiger partial charge is 0.137 e. The summed E-state index contributed by atoms with van der Waals surface area (Å²) in [7, 11) is 2.90. The lowest BCUT2D eigenvalue weighted by Gasteiger charge is -2.15. The second-order valence-electron chi connectivity index (χ2n) is 2.89. The van der Waals surface area contributed by atoms with Crippen LogP contribution in [0.3, 0.4) is 0 Å². The molecule has 1 atom stereocenters. The zero-order valence-corrected chi connectivity index (χ0v) is 7.27. The molecule has 0 saturated heterocycles. The molecule has 1 unspecified atom stereocenters. The van der Waals surface area contributed by atoms with Crippen molar-refractivity contribution in [2.24, 2.45) is 0 Å². The molecule has 0 aliphatic rings. The van der Waals surface area contributed by atoms with Crippen molar-refractivity contribution < 1.29 is 4.79 Å². The van der Waals surface area contributed by atoms with Gasteiger partial charge in [-0.25, -0.2) is 0 Å². The first-order chi connectivity index (χ1) is 4.57. The summed E-state index contributed by atoms with van der Waals surface area (Å²) < 4.78 is 0. The van der Waals surface area contributed by atoms with Gasteiger partial charge >= 0.3 is 0 Å². The summed E-state index contributed by atoms with van der Waals surface area (Å²) in [5, 5.41) is 3.18. The third-order valence-electron chi connectivity index (χ3n) is 1.43. The SMILES string of the molecule is BBC(NC(C)C)C(C)=O.